The summed E-state index contributed by atoms with van der Waals surface area (Å²) in [5.74, 6) is -0.366. The smallest absolute Gasteiger partial charge is 0.321 e. The third kappa shape index (κ3) is 5.26. The predicted octanol–water partition coefficient (Wildman–Crippen LogP) is 2.58. The Balaban J connectivity index is 1.85. The van der Waals surface area contributed by atoms with Gasteiger partial charge < -0.3 is 9.73 Å². The monoisotopic (exact) mass is 335 g/mol. The van der Waals surface area contributed by atoms with Crippen LogP contribution < -0.4 is 10.6 Å². The van der Waals surface area contributed by atoms with Crippen molar-refractivity contribution in [2.45, 2.75) is 5.22 Å². The van der Waals surface area contributed by atoms with E-state index >= 15 is 0 Å². The Bertz CT molecular complexity index is 700. The molecule has 0 bridgehead atoms. The maximum atomic E-state index is 12.9. The number of nitrogens with one attached hydrogen (secondary N) is 2. The van der Waals surface area contributed by atoms with E-state index in [1.807, 2.05) is 0 Å². The highest BCUT2D eigenvalue weighted by atomic mass is 32.2. The summed E-state index contributed by atoms with van der Waals surface area (Å²) in [6.07, 6.45) is 2.99. The van der Waals surface area contributed by atoms with Crippen LogP contribution in [0.4, 0.5) is 9.18 Å². The number of carbonyl (C=O) groups excluding carboxylic acids is 2. The van der Waals surface area contributed by atoms with Crippen LogP contribution >= 0.6 is 11.8 Å². The summed E-state index contributed by atoms with van der Waals surface area (Å²) < 4.78 is 18.3. The second-order valence-electron chi connectivity index (χ2n) is 4.33. The van der Waals surface area contributed by atoms with Gasteiger partial charge in [-0.2, -0.15) is 0 Å². The van der Waals surface area contributed by atoms with Gasteiger partial charge in [0, 0.05) is 12.1 Å². The average Bonchev–Trinajstić information content (AvgIpc) is 3.00. The van der Waals surface area contributed by atoms with Crippen molar-refractivity contribution in [1.29, 1.82) is 0 Å². The highest BCUT2D eigenvalue weighted by molar-refractivity contribution is 7.99. The van der Waals surface area contributed by atoms with Crippen LogP contribution in [0.2, 0.25) is 0 Å². The minimum atomic E-state index is -0.588. The van der Waals surface area contributed by atoms with Gasteiger partial charge in [-0.25, -0.2) is 14.2 Å². The minimum absolute atomic E-state index is 0.0229. The fraction of sp³-hybridized carbons (Fsp3) is 0.133. The van der Waals surface area contributed by atoms with Gasteiger partial charge in [-0.05, 0) is 24.3 Å². The quantitative estimate of drug-likeness (QED) is 0.626. The standard InChI is InChI=1S/C15H14FN3O3S/c1-2-7-17-14(21)19-13(20)9-23-15-18-8-12(22-15)10-3-5-11(16)6-4-10/h2-6,8H,1,7,9H2,(H2,17,19,20,21). The molecule has 0 saturated heterocycles. The molecule has 0 atom stereocenters. The Morgan fingerprint density at radius 1 is 1.35 bits per heavy atom. The SMILES string of the molecule is C=CCNC(=O)NC(=O)CSc1ncc(-c2ccc(F)cc2)o1. The number of carbonyl (C=O) groups is 2. The molecule has 8 heteroatoms. The second-order valence-corrected chi connectivity index (χ2v) is 5.26. The van der Waals surface area contributed by atoms with Gasteiger partial charge in [-0.15, -0.1) is 6.58 Å². The first kappa shape index (κ1) is 16.8. The molecular weight excluding hydrogens is 321 g/mol. The lowest BCUT2D eigenvalue weighted by Crippen LogP contribution is -2.40. The normalized spacial score (nSPS) is 10.1. The number of hydrogen-bond donors (Lipinski definition) is 2. The number of thioether (sulfide) groups is 1. The number of urea groups is 1. The van der Waals surface area contributed by atoms with E-state index in [1.165, 1.54) is 24.4 Å². The van der Waals surface area contributed by atoms with Gasteiger partial charge in [-0.3, -0.25) is 10.1 Å². The van der Waals surface area contributed by atoms with Gasteiger partial charge >= 0.3 is 6.03 Å². The first-order chi connectivity index (χ1) is 11.1. The molecule has 0 unspecified atom stereocenters. The molecule has 120 valence electrons. The molecule has 1 aromatic heterocycles. The van der Waals surface area contributed by atoms with Crippen molar-refractivity contribution in [3.63, 3.8) is 0 Å². The van der Waals surface area contributed by atoms with Crippen LogP contribution in [0.1, 0.15) is 0 Å². The van der Waals surface area contributed by atoms with Crippen LogP contribution in [0.25, 0.3) is 11.3 Å². The molecule has 1 aromatic carbocycles. The summed E-state index contributed by atoms with van der Waals surface area (Å²) in [7, 11) is 0. The molecule has 2 aromatic rings. The van der Waals surface area contributed by atoms with Crippen molar-refractivity contribution in [1.82, 2.24) is 15.6 Å². The molecular formula is C15H14FN3O3S. The lowest BCUT2D eigenvalue weighted by molar-refractivity contribution is -0.117. The Hall–Kier alpha value is -2.61. The maximum Gasteiger partial charge on any atom is 0.321 e. The van der Waals surface area contributed by atoms with E-state index in [4.69, 9.17) is 4.42 Å². The number of rotatable bonds is 6. The first-order valence-electron chi connectivity index (χ1n) is 6.61. The van der Waals surface area contributed by atoms with Crippen molar-refractivity contribution >= 4 is 23.7 Å². The molecule has 0 aliphatic heterocycles. The number of imide groups is 1. The summed E-state index contributed by atoms with van der Waals surface area (Å²) in [4.78, 5) is 26.9. The van der Waals surface area contributed by atoms with E-state index in [2.05, 4.69) is 22.2 Å². The van der Waals surface area contributed by atoms with Crippen LogP contribution in [0, 0.1) is 5.82 Å². The zero-order valence-electron chi connectivity index (χ0n) is 12.0. The largest absolute Gasteiger partial charge is 0.431 e. The van der Waals surface area contributed by atoms with E-state index in [9.17, 15) is 14.0 Å². The zero-order valence-corrected chi connectivity index (χ0v) is 12.9. The average molecular weight is 335 g/mol. The zero-order chi connectivity index (χ0) is 16.7. The molecule has 0 saturated carbocycles. The fourth-order valence-corrected chi connectivity index (χ4v) is 2.17. The summed E-state index contributed by atoms with van der Waals surface area (Å²) in [5.41, 5.74) is 0.680. The highest BCUT2D eigenvalue weighted by Gasteiger charge is 2.11. The van der Waals surface area contributed by atoms with Crippen molar-refractivity contribution in [3.05, 3.63) is 48.9 Å². The summed E-state index contributed by atoms with van der Waals surface area (Å²) >= 11 is 1.05. The Morgan fingerprint density at radius 3 is 2.78 bits per heavy atom. The van der Waals surface area contributed by atoms with Crippen LogP contribution in [-0.2, 0) is 4.79 Å². The Morgan fingerprint density at radius 2 is 2.09 bits per heavy atom. The number of oxazole rings is 1. The summed E-state index contributed by atoms with van der Waals surface area (Å²) in [6, 6.07) is 5.19. The fourth-order valence-electron chi connectivity index (χ4n) is 1.57. The molecule has 6 nitrogen and oxygen atoms in total. The van der Waals surface area contributed by atoms with E-state index in [-0.39, 0.29) is 23.3 Å². The molecule has 23 heavy (non-hydrogen) atoms. The van der Waals surface area contributed by atoms with Crippen LogP contribution in [0.3, 0.4) is 0 Å². The van der Waals surface area contributed by atoms with Gasteiger partial charge in [0.15, 0.2) is 5.76 Å². The Labute approximate surface area is 136 Å². The molecule has 1 heterocycles. The van der Waals surface area contributed by atoms with E-state index in [0.29, 0.717) is 11.3 Å². The summed E-state index contributed by atoms with van der Waals surface area (Å²) in [6.45, 7) is 3.72. The van der Waals surface area contributed by atoms with Gasteiger partial charge in [0.05, 0.1) is 11.9 Å². The number of amides is 3. The number of aromatic nitrogens is 1. The predicted molar refractivity (Wildman–Crippen MR) is 84.4 cm³/mol. The van der Waals surface area contributed by atoms with Gasteiger partial charge in [0.2, 0.25) is 5.91 Å². The number of halogens is 1. The third-order valence-electron chi connectivity index (χ3n) is 2.60. The van der Waals surface area contributed by atoms with Gasteiger partial charge in [-0.1, -0.05) is 17.8 Å². The molecule has 0 aliphatic carbocycles. The molecule has 2 N–H and O–H groups in total. The van der Waals surface area contributed by atoms with Crippen molar-refractivity contribution in [2.24, 2.45) is 0 Å². The van der Waals surface area contributed by atoms with Crippen molar-refractivity contribution in [3.8, 4) is 11.3 Å². The number of benzene rings is 1. The lowest BCUT2D eigenvalue weighted by atomic mass is 10.2. The summed E-state index contributed by atoms with van der Waals surface area (Å²) in [5, 5.41) is 4.87. The van der Waals surface area contributed by atoms with Crippen LogP contribution in [0.5, 0.6) is 0 Å². The van der Waals surface area contributed by atoms with Crippen LogP contribution in [-0.4, -0.2) is 29.2 Å². The van der Waals surface area contributed by atoms with Crippen molar-refractivity contribution in [2.75, 3.05) is 12.3 Å². The molecule has 0 spiro atoms. The molecule has 2 rings (SSSR count). The molecule has 0 fully saturated rings. The Kier molecular flexibility index (Phi) is 5.93. The minimum Gasteiger partial charge on any atom is -0.431 e. The van der Waals surface area contributed by atoms with E-state index < -0.39 is 11.9 Å². The molecule has 0 radical (unpaired) electrons. The van der Waals surface area contributed by atoms with Crippen molar-refractivity contribution < 1.29 is 18.4 Å². The van der Waals surface area contributed by atoms with Crippen LogP contribution in [0.15, 0.2) is 52.8 Å². The van der Waals surface area contributed by atoms with E-state index in [0.717, 1.165) is 11.8 Å². The first-order valence-corrected chi connectivity index (χ1v) is 7.60. The lowest BCUT2D eigenvalue weighted by Gasteiger charge is -2.03. The number of nitrogens with zero attached hydrogens (tertiary/aromatic N) is 1. The topological polar surface area (TPSA) is 84.2 Å². The van der Waals surface area contributed by atoms with Gasteiger partial charge in [0.1, 0.15) is 5.82 Å². The molecule has 0 aliphatic rings. The van der Waals surface area contributed by atoms with E-state index in [1.54, 1.807) is 12.1 Å². The van der Waals surface area contributed by atoms with Gasteiger partial charge in [0.25, 0.3) is 5.22 Å². The maximum absolute atomic E-state index is 12.9. The second kappa shape index (κ2) is 8.14. The number of hydrogen-bond acceptors (Lipinski definition) is 5. The molecule has 3 amide bonds. The highest BCUT2D eigenvalue weighted by Crippen LogP contribution is 2.25. The third-order valence-corrected chi connectivity index (χ3v) is 3.44.